The molecule has 3 aromatic heterocycles. The Balaban J connectivity index is 1.58. The van der Waals surface area contributed by atoms with Crippen LogP contribution in [0.15, 0.2) is 18.3 Å². The Kier molecular flexibility index (Phi) is 4.96. The van der Waals surface area contributed by atoms with Gasteiger partial charge in [-0.3, -0.25) is 5.10 Å². The van der Waals surface area contributed by atoms with E-state index in [1.54, 1.807) is 15.2 Å². The molecule has 1 saturated heterocycles. The normalized spacial score (nSPS) is 24.4. The zero-order valence-electron chi connectivity index (χ0n) is 18.9. The number of ether oxygens (including phenoxy) is 1. The SMILES string of the molecule is CCC1c2cc(N3CCOC[C@H]3C)nc3c2c(nn3-c2cc[nH]n2)CCN1S(=O)(=O)C1CC1. The molecule has 0 bridgehead atoms. The number of H-pyrrole nitrogens is 1. The van der Waals surface area contributed by atoms with Crippen LogP contribution >= 0.6 is 0 Å². The standard InChI is InChI=1S/C22H29N7O3S/c1-3-18-16-12-20(27-10-11-32-13-14(27)2)24-22-21(16)17(26-29(22)19-6-8-23-25-19)7-9-28(18)33(30,31)15-4-5-15/h6,8,12,14-15,18H,3-5,7,9-11,13H2,1-2H3,(H,23,25)/t14-,18?/m1/s1. The van der Waals surface area contributed by atoms with Gasteiger partial charge in [0.1, 0.15) is 5.82 Å². The maximum atomic E-state index is 13.4. The molecule has 1 N–H and O–H groups in total. The minimum atomic E-state index is -3.34. The number of rotatable bonds is 5. The molecule has 5 heterocycles. The Labute approximate surface area is 193 Å². The number of sulfonamides is 1. The van der Waals surface area contributed by atoms with E-state index in [1.165, 1.54) is 0 Å². The van der Waals surface area contributed by atoms with Crippen LogP contribution in [-0.2, 0) is 21.2 Å². The summed E-state index contributed by atoms with van der Waals surface area (Å²) in [5.41, 5.74) is 2.60. The average molecular weight is 472 g/mol. The monoisotopic (exact) mass is 471 g/mol. The highest BCUT2D eigenvalue weighted by atomic mass is 32.2. The fourth-order valence-corrected chi connectivity index (χ4v) is 7.28. The number of morpholine rings is 1. The number of aromatic amines is 1. The molecule has 3 aromatic rings. The van der Waals surface area contributed by atoms with Crippen molar-refractivity contribution in [3.8, 4) is 5.82 Å². The minimum absolute atomic E-state index is 0.175. The molecule has 33 heavy (non-hydrogen) atoms. The number of hydrogen-bond acceptors (Lipinski definition) is 7. The van der Waals surface area contributed by atoms with E-state index in [-0.39, 0.29) is 17.3 Å². The number of aromatic nitrogens is 5. The molecule has 0 aromatic carbocycles. The fraction of sp³-hybridized carbons (Fsp3) is 0.591. The molecule has 0 spiro atoms. The van der Waals surface area contributed by atoms with Crippen molar-refractivity contribution in [2.45, 2.75) is 56.9 Å². The number of nitrogens with one attached hydrogen (secondary N) is 1. The van der Waals surface area contributed by atoms with Crippen LogP contribution in [0, 0.1) is 0 Å². The Morgan fingerprint density at radius 2 is 2.09 bits per heavy atom. The first-order valence-electron chi connectivity index (χ1n) is 11.8. The van der Waals surface area contributed by atoms with Crippen LogP contribution in [0.1, 0.15) is 50.4 Å². The minimum Gasteiger partial charge on any atom is -0.377 e. The van der Waals surface area contributed by atoms with Gasteiger partial charge in [0.25, 0.3) is 0 Å². The third kappa shape index (κ3) is 3.36. The van der Waals surface area contributed by atoms with Crippen molar-refractivity contribution in [2.75, 3.05) is 31.2 Å². The first kappa shape index (κ1) is 21.1. The van der Waals surface area contributed by atoms with Crippen molar-refractivity contribution in [3.05, 3.63) is 29.6 Å². The van der Waals surface area contributed by atoms with E-state index in [0.29, 0.717) is 38.4 Å². The highest BCUT2D eigenvalue weighted by molar-refractivity contribution is 7.90. The van der Waals surface area contributed by atoms with Crippen molar-refractivity contribution in [3.63, 3.8) is 0 Å². The Morgan fingerprint density at radius 1 is 1.24 bits per heavy atom. The van der Waals surface area contributed by atoms with Gasteiger partial charge in [0.05, 0.1) is 36.2 Å². The molecule has 1 aliphatic carbocycles. The molecule has 2 fully saturated rings. The molecule has 176 valence electrons. The lowest BCUT2D eigenvalue weighted by molar-refractivity contribution is 0.0985. The average Bonchev–Trinajstić information content (AvgIpc) is 3.47. The second-order valence-electron chi connectivity index (χ2n) is 9.21. The van der Waals surface area contributed by atoms with Crippen LogP contribution in [0.4, 0.5) is 5.82 Å². The summed E-state index contributed by atoms with van der Waals surface area (Å²) in [5, 5.41) is 12.8. The quantitative estimate of drug-likeness (QED) is 0.607. The predicted octanol–water partition coefficient (Wildman–Crippen LogP) is 2.17. The Bertz CT molecular complexity index is 1280. The molecule has 0 amide bonds. The van der Waals surface area contributed by atoms with Crippen LogP contribution in [-0.4, -0.2) is 75.3 Å². The predicted molar refractivity (Wildman–Crippen MR) is 124 cm³/mol. The summed E-state index contributed by atoms with van der Waals surface area (Å²) < 4.78 is 36.0. The molecule has 10 nitrogen and oxygen atoms in total. The highest BCUT2D eigenvalue weighted by Gasteiger charge is 2.44. The van der Waals surface area contributed by atoms with Crippen LogP contribution < -0.4 is 4.90 Å². The van der Waals surface area contributed by atoms with E-state index in [2.05, 4.69) is 35.0 Å². The third-order valence-corrected chi connectivity index (χ3v) is 9.43. The number of nitrogens with zero attached hydrogens (tertiary/aromatic N) is 6. The van der Waals surface area contributed by atoms with Crippen LogP contribution in [0.2, 0.25) is 0 Å². The van der Waals surface area contributed by atoms with Gasteiger partial charge in [-0.05, 0) is 37.8 Å². The molecule has 3 aliphatic rings. The smallest absolute Gasteiger partial charge is 0.217 e. The summed E-state index contributed by atoms with van der Waals surface area (Å²) in [4.78, 5) is 7.31. The van der Waals surface area contributed by atoms with Gasteiger partial charge in [0.15, 0.2) is 11.5 Å². The first-order chi connectivity index (χ1) is 16.0. The molecule has 1 unspecified atom stereocenters. The zero-order valence-corrected chi connectivity index (χ0v) is 19.8. The van der Waals surface area contributed by atoms with E-state index in [9.17, 15) is 8.42 Å². The highest BCUT2D eigenvalue weighted by Crippen LogP contribution is 2.42. The summed E-state index contributed by atoms with van der Waals surface area (Å²) >= 11 is 0. The van der Waals surface area contributed by atoms with Gasteiger partial charge in [0.2, 0.25) is 10.0 Å². The van der Waals surface area contributed by atoms with E-state index in [1.807, 2.05) is 6.07 Å². The van der Waals surface area contributed by atoms with E-state index in [0.717, 1.165) is 47.5 Å². The van der Waals surface area contributed by atoms with E-state index in [4.69, 9.17) is 14.8 Å². The summed E-state index contributed by atoms with van der Waals surface area (Å²) in [6.45, 7) is 6.64. The van der Waals surface area contributed by atoms with Crippen LogP contribution in [0.3, 0.4) is 0 Å². The summed E-state index contributed by atoms with van der Waals surface area (Å²) in [5.74, 6) is 1.51. The van der Waals surface area contributed by atoms with Crippen molar-refractivity contribution in [1.29, 1.82) is 0 Å². The molecule has 2 aliphatic heterocycles. The van der Waals surface area contributed by atoms with Crippen LogP contribution in [0.25, 0.3) is 16.9 Å². The van der Waals surface area contributed by atoms with Gasteiger partial charge < -0.3 is 9.64 Å². The summed E-state index contributed by atoms with van der Waals surface area (Å²) in [6, 6.07) is 3.90. The molecular weight excluding hydrogens is 442 g/mol. The third-order valence-electron chi connectivity index (χ3n) is 7.03. The van der Waals surface area contributed by atoms with E-state index < -0.39 is 10.0 Å². The molecule has 0 radical (unpaired) electrons. The molecular formula is C22H29N7O3S. The van der Waals surface area contributed by atoms with Gasteiger partial charge in [-0.25, -0.2) is 13.4 Å². The lowest BCUT2D eigenvalue weighted by Gasteiger charge is -2.35. The second-order valence-corrected chi connectivity index (χ2v) is 11.4. The van der Waals surface area contributed by atoms with Crippen molar-refractivity contribution in [1.82, 2.24) is 29.3 Å². The van der Waals surface area contributed by atoms with Crippen molar-refractivity contribution < 1.29 is 13.2 Å². The largest absolute Gasteiger partial charge is 0.377 e. The Hall–Kier alpha value is -2.50. The topological polar surface area (TPSA) is 109 Å². The zero-order chi connectivity index (χ0) is 22.7. The fourth-order valence-electron chi connectivity index (χ4n) is 5.20. The summed E-state index contributed by atoms with van der Waals surface area (Å²) in [7, 11) is -3.34. The van der Waals surface area contributed by atoms with E-state index >= 15 is 0 Å². The molecule has 1 saturated carbocycles. The van der Waals surface area contributed by atoms with Gasteiger partial charge in [0, 0.05) is 37.2 Å². The molecule has 2 atom stereocenters. The second kappa shape index (κ2) is 7.78. The van der Waals surface area contributed by atoms with Gasteiger partial charge in [-0.1, -0.05) is 6.92 Å². The maximum absolute atomic E-state index is 13.4. The lowest BCUT2D eigenvalue weighted by Crippen LogP contribution is -2.44. The number of anilines is 1. The first-order valence-corrected chi connectivity index (χ1v) is 13.3. The molecule has 6 rings (SSSR count). The van der Waals surface area contributed by atoms with Crippen molar-refractivity contribution in [2.24, 2.45) is 0 Å². The van der Waals surface area contributed by atoms with Gasteiger partial charge >= 0.3 is 0 Å². The summed E-state index contributed by atoms with van der Waals surface area (Å²) in [6.07, 6.45) is 4.53. The van der Waals surface area contributed by atoms with Gasteiger partial charge in [-0.15, -0.1) is 0 Å². The van der Waals surface area contributed by atoms with Crippen LogP contribution in [0.5, 0.6) is 0 Å². The van der Waals surface area contributed by atoms with Gasteiger partial charge in [-0.2, -0.15) is 19.2 Å². The maximum Gasteiger partial charge on any atom is 0.217 e. The van der Waals surface area contributed by atoms with Crippen molar-refractivity contribution >= 4 is 26.9 Å². The lowest BCUT2D eigenvalue weighted by atomic mass is 10.0. The number of pyridine rings is 1. The molecule has 11 heteroatoms. The Morgan fingerprint density at radius 3 is 2.79 bits per heavy atom. The number of hydrogen-bond donors (Lipinski definition) is 1.